The standard InChI is InChI=1S/C26H26N4O6/c1-14-17(15(2)36-28-14)11-12-29-24(31)22-18(25(32)35-4)13-19(16-9-10-16)27-23(22)30(26(29)33)20-7-5-6-8-21(20)34-3/h5-8,13,16H,9-12H2,1-4H3. The summed E-state index contributed by atoms with van der Waals surface area (Å²) in [5.74, 6) is 0.553. The number of esters is 1. The zero-order chi connectivity index (χ0) is 25.6. The molecule has 0 saturated heterocycles. The number of pyridine rings is 1. The van der Waals surface area contributed by atoms with Crippen LogP contribution in [0.5, 0.6) is 5.75 Å². The Labute approximate surface area is 206 Å². The summed E-state index contributed by atoms with van der Waals surface area (Å²) < 4.78 is 18.2. The summed E-state index contributed by atoms with van der Waals surface area (Å²) in [5.41, 5.74) is 1.58. The molecule has 0 atom stereocenters. The van der Waals surface area contributed by atoms with Crippen LogP contribution in [0.15, 0.2) is 44.4 Å². The van der Waals surface area contributed by atoms with Gasteiger partial charge in [-0.25, -0.2) is 19.1 Å². The molecule has 1 saturated carbocycles. The van der Waals surface area contributed by atoms with E-state index in [1.54, 1.807) is 44.2 Å². The molecule has 4 aromatic rings. The van der Waals surface area contributed by atoms with E-state index in [1.165, 1.54) is 18.8 Å². The second-order valence-electron chi connectivity index (χ2n) is 8.86. The van der Waals surface area contributed by atoms with Gasteiger partial charge in [-0.05, 0) is 51.3 Å². The SMILES string of the molecule is COC(=O)c1cc(C2CC2)nc2c1c(=O)n(CCc1c(C)noc1C)c(=O)n2-c1ccccc1OC. The van der Waals surface area contributed by atoms with Gasteiger partial charge in [0.25, 0.3) is 5.56 Å². The minimum absolute atomic E-state index is 0.0236. The Bertz CT molecular complexity index is 1590. The van der Waals surface area contributed by atoms with Crippen molar-refractivity contribution in [1.82, 2.24) is 19.3 Å². The lowest BCUT2D eigenvalue weighted by molar-refractivity contribution is 0.0602. The van der Waals surface area contributed by atoms with Crippen LogP contribution in [0, 0.1) is 13.8 Å². The first-order valence-corrected chi connectivity index (χ1v) is 11.7. The minimum Gasteiger partial charge on any atom is -0.495 e. The van der Waals surface area contributed by atoms with Gasteiger partial charge in [-0.1, -0.05) is 17.3 Å². The van der Waals surface area contributed by atoms with Gasteiger partial charge < -0.3 is 14.0 Å². The second kappa shape index (κ2) is 9.10. The summed E-state index contributed by atoms with van der Waals surface area (Å²) in [6.07, 6.45) is 2.19. The smallest absolute Gasteiger partial charge is 0.338 e. The Morgan fingerprint density at radius 1 is 1.17 bits per heavy atom. The molecule has 10 nitrogen and oxygen atoms in total. The highest BCUT2D eigenvalue weighted by molar-refractivity contribution is 6.02. The molecule has 3 aromatic heterocycles. The van der Waals surface area contributed by atoms with Gasteiger partial charge in [0.2, 0.25) is 0 Å². The molecule has 36 heavy (non-hydrogen) atoms. The Morgan fingerprint density at radius 3 is 2.56 bits per heavy atom. The molecule has 0 aliphatic heterocycles. The number of carbonyl (C=O) groups is 1. The molecule has 5 rings (SSSR count). The lowest BCUT2D eigenvalue weighted by Crippen LogP contribution is -2.41. The molecular weight excluding hydrogens is 464 g/mol. The maximum absolute atomic E-state index is 13.9. The van der Waals surface area contributed by atoms with Gasteiger partial charge in [0, 0.05) is 23.7 Å². The number of hydrogen-bond donors (Lipinski definition) is 0. The number of nitrogens with zero attached hydrogens (tertiary/aromatic N) is 4. The number of para-hydroxylation sites is 2. The minimum atomic E-state index is -0.663. The van der Waals surface area contributed by atoms with Gasteiger partial charge in [0.15, 0.2) is 5.65 Å². The van der Waals surface area contributed by atoms with E-state index in [0.717, 1.165) is 23.0 Å². The van der Waals surface area contributed by atoms with Gasteiger partial charge in [-0.3, -0.25) is 9.36 Å². The third kappa shape index (κ3) is 3.88. The van der Waals surface area contributed by atoms with Crippen molar-refractivity contribution in [3.8, 4) is 11.4 Å². The Hall–Kier alpha value is -4.21. The molecule has 0 radical (unpaired) electrons. The predicted molar refractivity (Wildman–Crippen MR) is 131 cm³/mol. The topological polar surface area (TPSA) is 118 Å². The van der Waals surface area contributed by atoms with Crippen molar-refractivity contribution in [3.63, 3.8) is 0 Å². The monoisotopic (exact) mass is 490 g/mol. The molecule has 0 amide bonds. The van der Waals surface area contributed by atoms with Crippen molar-refractivity contribution in [1.29, 1.82) is 0 Å². The first kappa shape index (κ1) is 23.5. The van der Waals surface area contributed by atoms with Crippen LogP contribution < -0.4 is 16.0 Å². The van der Waals surface area contributed by atoms with E-state index < -0.39 is 17.2 Å². The number of carbonyl (C=O) groups excluding carboxylic acids is 1. The molecule has 186 valence electrons. The molecule has 1 aliphatic carbocycles. The highest BCUT2D eigenvalue weighted by Gasteiger charge is 2.30. The fourth-order valence-corrected chi connectivity index (χ4v) is 4.53. The van der Waals surface area contributed by atoms with Crippen LogP contribution in [0.2, 0.25) is 0 Å². The average Bonchev–Trinajstić information content (AvgIpc) is 3.69. The lowest BCUT2D eigenvalue weighted by Gasteiger charge is -2.17. The number of methoxy groups -OCH3 is 2. The first-order valence-electron chi connectivity index (χ1n) is 11.7. The maximum atomic E-state index is 13.9. The maximum Gasteiger partial charge on any atom is 0.338 e. The fraction of sp³-hybridized carbons (Fsp3) is 0.346. The van der Waals surface area contributed by atoms with Gasteiger partial charge in [0.1, 0.15) is 11.5 Å². The van der Waals surface area contributed by atoms with Crippen LogP contribution in [0.25, 0.3) is 16.7 Å². The molecular formula is C26H26N4O6. The number of hydrogen-bond acceptors (Lipinski definition) is 8. The Kier molecular flexibility index (Phi) is 5.95. The molecule has 0 unspecified atom stereocenters. The lowest BCUT2D eigenvalue weighted by atomic mass is 10.1. The third-order valence-corrected chi connectivity index (χ3v) is 6.61. The van der Waals surface area contributed by atoms with E-state index in [2.05, 4.69) is 5.16 Å². The predicted octanol–water partition coefficient (Wildman–Crippen LogP) is 3.07. The summed E-state index contributed by atoms with van der Waals surface area (Å²) in [7, 11) is 2.76. The van der Waals surface area contributed by atoms with Crippen LogP contribution >= 0.6 is 0 Å². The number of ether oxygens (including phenoxy) is 2. The van der Waals surface area contributed by atoms with E-state index in [0.29, 0.717) is 35.0 Å². The summed E-state index contributed by atoms with van der Waals surface area (Å²) in [5, 5.41) is 3.98. The van der Waals surface area contributed by atoms with Gasteiger partial charge in [-0.15, -0.1) is 0 Å². The van der Waals surface area contributed by atoms with Crippen LogP contribution in [-0.2, 0) is 17.7 Å². The van der Waals surface area contributed by atoms with E-state index in [1.807, 2.05) is 0 Å². The van der Waals surface area contributed by atoms with Crippen molar-refractivity contribution in [2.24, 2.45) is 0 Å². The molecule has 10 heteroatoms. The van der Waals surface area contributed by atoms with E-state index >= 15 is 0 Å². The molecule has 3 heterocycles. The Balaban J connectivity index is 1.84. The van der Waals surface area contributed by atoms with E-state index in [-0.39, 0.29) is 29.1 Å². The van der Waals surface area contributed by atoms with E-state index in [9.17, 15) is 14.4 Å². The van der Waals surface area contributed by atoms with Gasteiger partial charge in [0.05, 0.1) is 36.6 Å². The molecule has 1 aromatic carbocycles. The highest BCUT2D eigenvalue weighted by Crippen LogP contribution is 2.40. The highest BCUT2D eigenvalue weighted by atomic mass is 16.5. The zero-order valence-electron chi connectivity index (χ0n) is 20.5. The van der Waals surface area contributed by atoms with E-state index in [4.69, 9.17) is 19.0 Å². The van der Waals surface area contributed by atoms with Crippen molar-refractivity contribution >= 4 is 17.0 Å². The molecule has 0 bridgehead atoms. The van der Waals surface area contributed by atoms with Crippen LogP contribution in [0.3, 0.4) is 0 Å². The van der Waals surface area contributed by atoms with Gasteiger partial charge in [-0.2, -0.15) is 0 Å². The average molecular weight is 491 g/mol. The van der Waals surface area contributed by atoms with Crippen LogP contribution in [0.1, 0.15) is 51.8 Å². The van der Waals surface area contributed by atoms with Crippen molar-refractivity contribution < 1.29 is 18.8 Å². The number of benzene rings is 1. The largest absolute Gasteiger partial charge is 0.495 e. The number of fused-ring (bicyclic) bond motifs is 1. The summed E-state index contributed by atoms with van der Waals surface area (Å²) in [6.45, 7) is 3.64. The molecule has 0 N–H and O–H groups in total. The van der Waals surface area contributed by atoms with Crippen molar-refractivity contribution in [3.05, 3.63) is 79.4 Å². The molecule has 0 spiro atoms. The zero-order valence-corrected chi connectivity index (χ0v) is 20.5. The Morgan fingerprint density at radius 2 is 1.92 bits per heavy atom. The summed E-state index contributed by atoms with van der Waals surface area (Å²) in [4.78, 5) is 45.3. The summed E-state index contributed by atoms with van der Waals surface area (Å²) >= 11 is 0. The quantitative estimate of drug-likeness (QED) is 0.363. The van der Waals surface area contributed by atoms with Gasteiger partial charge >= 0.3 is 11.7 Å². The normalized spacial score (nSPS) is 13.2. The number of rotatable bonds is 7. The second-order valence-corrected chi connectivity index (χ2v) is 8.86. The number of aromatic nitrogens is 4. The third-order valence-electron chi connectivity index (χ3n) is 6.61. The van der Waals surface area contributed by atoms with Crippen LogP contribution in [0.4, 0.5) is 0 Å². The molecule has 1 aliphatic rings. The number of aryl methyl sites for hydroxylation is 2. The molecule has 1 fully saturated rings. The van der Waals surface area contributed by atoms with Crippen LogP contribution in [-0.4, -0.2) is 39.5 Å². The van der Waals surface area contributed by atoms with Crippen molar-refractivity contribution in [2.75, 3.05) is 14.2 Å². The fourth-order valence-electron chi connectivity index (χ4n) is 4.53. The van der Waals surface area contributed by atoms with Crippen molar-refractivity contribution in [2.45, 2.75) is 45.6 Å². The summed E-state index contributed by atoms with van der Waals surface area (Å²) in [6, 6.07) is 8.60. The first-order chi connectivity index (χ1) is 17.3.